The second kappa shape index (κ2) is 8.71. The molecule has 3 N–H and O–H groups in total. The molecule has 7 nitrogen and oxygen atoms in total. The molecule has 1 atom stereocenters. The fourth-order valence-electron chi connectivity index (χ4n) is 4.89. The third kappa shape index (κ3) is 4.41. The fraction of sp³-hybridized carbons (Fsp3) is 0.636. The Kier molecular flexibility index (Phi) is 6.06. The molecule has 0 spiro atoms. The maximum absolute atomic E-state index is 12.9. The van der Waals surface area contributed by atoms with E-state index in [1.165, 1.54) is 32.4 Å². The van der Waals surface area contributed by atoms with Crippen LogP contribution in [0.1, 0.15) is 50.2 Å². The van der Waals surface area contributed by atoms with Crippen LogP contribution < -0.4 is 11.5 Å². The van der Waals surface area contributed by atoms with Gasteiger partial charge in [0, 0.05) is 19.1 Å². The van der Waals surface area contributed by atoms with Gasteiger partial charge in [0.25, 0.3) is 0 Å². The van der Waals surface area contributed by atoms with Gasteiger partial charge in [-0.2, -0.15) is 0 Å². The number of nitrogens with zero attached hydrogens (tertiary/aromatic N) is 2. The maximum atomic E-state index is 12.9. The molecular formula is C22H32N4O3. The summed E-state index contributed by atoms with van der Waals surface area (Å²) in [6.45, 7) is 6.02. The summed E-state index contributed by atoms with van der Waals surface area (Å²) in [4.78, 5) is 31.7. The number of benzene rings is 1. The van der Waals surface area contributed by atoms with Crippen molar-refractivity contribution in [2.24, 2.45) is 5.73 Å². The van der Waals surface area contributed by atoms with E-state index in [4.69, 9.17) is 10.2 Å². The number of amides is 1. The van der Waals surface area contributed by atoms with Crippen LogP contribution in [0.4, 0.5) is 0 Å². The third-order valence-electron chi connectivity index (χ3n) is 6.51. The van der Waals surface area contributed by atoms with E-state index in [1.807, 2.05) is 24.0 Å². The molecule has 2 fully saturated rings. The van der Waals surface area contributed by atoms with E-state index in [0.717, 1.165) is 49.0 Å². The van der Waals surface area contributed by atoms with Crippen molar-refractivity contribution in [3.8, 4) is 0 Å². The Hall–Kier alpha value is -2.12. The van der Waals surface area contributed by atoms with Crippen molar-refractivity contribution in [3.05, 3.63) is 33.8 Å². The van der Waals surface area contributed by atoms with Gasteiger partial charge in [0.05, 0.1) is 11.6 Å². The molecule has 2 aliphatic heterocycles. The number of hydrogen-bond donors (Lipinski definition) is 2. The van der Waals surface area contributed by atoms with Crippen molar-refractivity contribution < 1.29 is 9.21 Å². The highest BCUT2D eigenvalue weighted by Crippen LogP contribution is 2.23. The number of aryl methyl sites for hydroxylation is 1. The average molecular weight is 401 g/mol. The van der Waals surface area contributed by atoms with Gasteiger partial charge in [-0.1, -0.05) is 19.4 Å². The number of H-pyrrole nitrogens is 1. The largest absolute Gasteiger partial charge is 0.417 e. The molecule has 1 aromatic carbocycles. The molecule has 29 heavy (non-hydrogen) atoms. The number of carbonyl (C=O) groups excluding carboxylic acids is 1. The zero-order valence-electron chi connectivity index (χ0n) is 17.3. The summed E-state index contributed by atoms with van der Waals surface area (Å²) in [5, 5.41) is 0. The summed E-state index contributed by atoms with van der Waals surface area (Å²) in [5.41, 5.74) is 9.50. The standard InChI is InChI=1S/C22H32N4O3/c1-2-16-12-15(14-19-20(16)24-22(28)29-19)13-18(23)21(27)26-10-6-17(7-11-26)25-8-4-3-5-9-25/h12,14,17-18H,2-11,13,23H2,1H3,(H,24,28). The minimum atomic E-state index is -0.575. The predicted molar refractivity (Wildman–Crippen MR) is 113 cm³/mol. The molecule has 4 rings (SSSR count). The van der Waals surface area contributed by atoms with Crippen LogP contribution in [-0.4, -0.2) is 59.0 Å². The fourth-order valence-corrected chi connectivity index (χ4v) is 4.89. The molecule has 1 aromatic heterocycles. The predicted octanol–water partition coefficient (Wildman–Crippen LogP) is 2.03. The van der Waals surface area contributed by atoms with E-state index in [9.17, 15) is 9.59 Å². The van der Waals surface area contributed by atoms with Gasteiger partial charge in [-0.3, -0.25) is 9.78 Å². The summed E-state index contributed by atoms with van der Waals surface area (Å²) in [6, 6.07) is 3.88. The van der Waals surface area contributed by atoms with Crippen molar-refractivity contribution in [2.45, 2.75) is 64.0 Å². The quantitative estimate of drug-likeness (QED) is 0.801. The molecule has 0 radical (unpaired) electrons. The zero-order chi connectivity index (χ0) is 20.4. The Bertz CT molecular complexity index is 904. The lowest BCUT2D eigenvalue weighted by molar-refractivity contribution is -0.134. The smallest absolute Gasteiger partial charge is 0.408 e. The Morgan fingerprint density at radius 1 is 1.21 bits per heavy atom. The molecule has 1 unspecified atom stereocenters. The molecule has 2 aliphatic rings. The lowest BCUT2D eigenvalue weighted by atomic mass is 9.98. The number of aromatic nitrogens is 1. The summed E-state index contributed by atoms with van der Waals surface area (Å²) >= 11 is 0. The van der Waals surface area contributed by atoms with Gasteiger partial charge in [0.1, 0.15) is 0 Å². The second-order valence-electron chi connectivity index (χ2n) is 8.46. The molecule has 0 aliphatic carbocycles. The molecule has 1 amide bonds. The average Bonchev–Trinajstić information content (AvgIpc) is 3.13. The molecule has 7 heteroatoms. The number of hydrogen-bond acceptors (Lipinski definition) is 5. The van der Waals surface area contributed by atoms with E-state index in [2.05, 4.69) is 9.88 Å². The Morgan fingerprint density at radius 3 is 2.62 bits per heavy atom. The molecule has 3 heterocycles. The lowest BCUT2D eigenvalue weighted by Gasteiger charge is -2.40. The highest BCUT2D eigenvalue weighted by Gasteiger charge is 2.29. The summed E-state index contributed by atoms with van der Waals surface area (Å²) < 4.78 is 5.23. The number of oxazole rings is 1. The van der Waals surface area contributed by atoms with Crippen LogP contribution in [0.2, 0.25) is 0 Å². The van der Waals surface area contributed by atoms with Crippen LogP contribution in [0, 0.1) is 0 Å². The van der Waals surface area contributed by atoms with Crippen LogP contribution in [0.3, 0.4) is 0 Å². The van der Waals surface area contributed by atoms with Gasteiger partial charge >= 0.3 is 5.76 Å². The van der Waals surface area contributed by atoms with Gasteiger partial charge in [-0.15, -0.1) is 0 Å². The van der Waals surface area contributed by atoms with Gasteiger partial charge in [0.15, 0.2) is 5.58 Å². The van der Waals surface area contributed by atoms with E-state index in [-0.39, 0.29) is 5.91 Å². The highest BCUT2D eigenvalue weighted by molar-refractivity contribution is 5.83. The molecule has 2 saturated heterocycles. The molecular weight excluding hydrogens is 368 g/mol. The van der Waals surface area contributed by atoms with Crippen LogP contribution in [0.25, 0.3) is 11.1 Å². The normalized spacial score (nSPS) is 20.3. The van der Waals surface area contributed by atoms with Crippen molar-refractivity contribution >= 4 is 17.0 Å². The van der Waals surface area contributed by atoms with E-state index in [0.29, 0.717) is 18.0 Å². The number of likely N-dealkylation sites (tertiary alicyclic amines) is 2. The first-order valence-corrected chi connectivity index (χ1v) is 11.0. The minimum absolute atomic E-state index is 0.0239. The third-order valence-corrected chi connectivity index (χ3v) is 6.51. The zero-order valence-corrected chi connectivity index (χ0v) is 17.3. The van der Waals surface area contributed by atoms with Gasteiger partial charge in [-0.25, -0.2) is 4.79 Å². The van der Waals surface area contributed by atoms with Gasteiger partial charge < -0.3 is 20.0 Å². The van der Waals surface area contributed by atoms with E-state index in [1.54, 1.807) is 0 Å². The molecule has 0 saturated carbocycles. The van der Waals surface area contributed by atoms with Crippen LogP contribution >= 0.6 is 0 Å². The highest BCUT2D eigenvalue weighted by atomic mass is 16.4. The number of nitrogens with one attached hydrogen (secondary N) is 1. The number of fused-ring (bicyclic) bond motifs is 1. The number of nitrogens with two attached hydrogens (primary N) is 1. The summed E-state index contributed by atoms with van der Waals surface area (Å²) in [7, 11) is 0. The van der Waals surface area contributed by atoms with E-state index < -0.39 is 11.8 Å². The minimum Gasteiger partial charge on any atom is -0.408 e. The Morgan fingerprint density at radius 2 is 1.93 bits per heavy atom. The topological polar surface area (TPSA) is 95.6 Å². The first-order chi connectivity index (χ1) is 14.0. The summed E-state index contributed by atoms with van der Waals surface area (Å²) in [5.74, 6) is -0.431. The first-order valence-electron chi connectivity index (χ1n) is 11.0. The summed E-state index contributed by atoms with van der Waals surface area (Å²) in [6.07, 6.45) is 7.25. The molecule has 0 bridgehead atoms. The lowest BCUT2D eigenvalue weighted by Crippen LogP contribution is -2.52. The van der Waals surface area contributed by atoms with Crippen LogP contribution in [-0.2, 0) is 17.6 Å². The molecule has 158 valence electrons. The number of carbonyl (C=O) groups is 1. The Balaban J connectivity index is 1.37. The first kappa shape index (κ1) is 20.2. The second-order valence-corrected chi connectivity index (χ2v) is 8.46. The number of piperidine rings is 2. The van der Waals surface area contributed by atoms with Crippen molar-refractivity contribution in [1.29, 1.82) is 0 Å². The van der Waals surface area contributed by atoms with Crippen molar-refractivity contribution in [1.82, 2.24) is 14.8 Å². The van der Waals surface area contributed by atoms with Crippen LogP contribution in [0.15, 0.2) is 21.3 Å². The maximum Gasteiger partial charge on any atom is 0.417 e. The van der Waals surface area contributed by atoms with Gasteiger partial charge in [-0.05, 0) is 68.8 Å². The Labute approximate surface area is 171 Å². The van der Waals surface area contributed by atoms with Crippen LogP contribution in [0.5, 0.6) is 0 Å². The SMILES string of the molecule is CCc1cc(CC(N)C(=O)N2CCC(N3CCCCC3)CC2)cc2oc(=O)[nH]c12. The molecule has 2 aromatic rings. The number of aromatic amines is 1. The number of rotatable bonds is 5. The monoisotopic (exact) mass is 400 g/mol. The van der Waals surface area contributed by atoms with Crippen molar-refractivity contribution in [2.75, 3.05) is 26.2 Å². The van der Waals surface area contributed by atoms with Crippen molar-refractivity contribution in [3.63, 3.8) is 0 Å². The van der Waals surface area contributed by atoms with Gasteiger partial charge in [0.2, 0.25) is 5.91 Å². The van der Waals surface area contributed by atoms with E-state index >= 15 is 0 Å².